The summed E-state index contributed by atoms with van der Waals surface area (Å²) in [6, 6.07) is 11.7. The zero-order valence-electron chi connectivity index (χ0n) is 11.1. The molecule has 0 bridgehead atoms. The van der Waals surface area contributed by atoms with E-state index in [2.05, 4.69) is 9.97 Å². The summed E-state index contributed by atoms with van der Waals surface area (Å²) in [5.74, 6) is 0.152. The number of hydrogen-bond donors (Lipinski definition) is 0. The van der Waals surface area contributed by atoms with E-state index in [1.807, 2.05) is 60.9 Å². The summed E-state index contributed by atoms with van der Waals surface area (Å²) in [4.78, 5) is 18.6. The molecule has 1 saturated carbocycles. The Balaban J connectivity index is 1.85. The molecule has 2 N–H and O–H groups in total. The summed E-state index contributed by atoms with van der Waals surface area (Å²) in [5.41, 5.74) is 3.66. The average molecular weight is 264 g/mol. The van der Waals surface area contributed by atoms with E-state index in [-0.39, 0.29) is 5.78 Å². The van der Waals surface area contributed by atoms with Crippen LogP contribution in [0.4, 0.5) is 0 Å². The van der Waals surface area contributed by atoms with Gasteiger partial charge in [-0.15, -0.1) is 0 Å². The van der Waals surface area contributed by atoms with Crippen molar-refractivity contribution >= 4 is 17.9 Å². The predicted octanol–water partition coefficient (Wildman–Crippen LogP) is 2.14. The minimum atomic E-state index is 0.152. The molecule has 0 aromatic carbocycles. The molecule has 0 saturated heterocycles. The molecule has 1 aliphatic carbocycles. The van der Waals surface area contributed by atoms with Crippen LogP contribution in [0.5, 0.6) is 0 Å². The van der Waals surface area contributed by atoms with Gasteiger partial charge in [-0.1, -0.05) is 0 Å². The van der Waals surface area contributed by atoms with E-state index in [0.29, 0.717) is 0 Å². The number of pyridine rings is 2. The number of aromatic nitrogens is 2. The minimum absolute atomic E-state index is 0.152. The van der Waals surface area contributed by atoms with E-state index >= 15 is 0 Å². The van der Waals surface area contributed by atoms with Gasteiger partial charge >= 0.3 is 0 Å². The average Bonchev–Trinajstić information content (AvgIpc) is 2.83. The first kappa shape index (κ1) is 12.5. The van der Waals surface area contributed by atoms with Crippen LogP contribution < -0.4 is 9.97 Å². The van der Waals surface area contributed by atoms with Gasteiger partial charge in [-0.25, -0.2) is 9.97 Å². The van der Waals surface area contributed by atoms with E-state index in [1.54, 1.807) is 0 Å². The Morgan fingerprint density at radius 3 is 1.70 bits per heavy atom. The van der Waals surface area contributed by atoms with Crippen molar-refractivity contribution in [3.05, 3.63) is 71.3 Å². The van der Waals surface area contributed by atoms with Crippen LogP contribution in [-0.2, 0) is 4.79 Å². The molecule has 0 amide bonds. The van der Waals surface area contributed by atoms with Crippen LogP contribution in [0.2, 0.25) is 0 Å². The first-order chi connectivity index (χ1) is 9.83. The smallest absolute Gasteiger partial charge is 0.203 e. The topological polar surface area (TPSA) is 45.4 Å². The number of H-pyrrole nitrogens is 2. The van der Waals surface area contributed by atoms with Gasteiger partial charge in [0.2, 0.25) is 11.4 Å². The van der Waals surface area contributed by atoms with E-state index in [9.17, 15) is 4.79 Å². The fraction of sp³-hybridized carbons (Fsp3) is 0.118. The number of rotatable bonds is 2. The van der Waals surface area contributed by atoms with Crippen LogP contribution in [0.1, 0.15) is 24.2 Å². The quantitative estimate of drug-likeness (QED) is 0.766. The van der Waals surface area contributed by atoms with Crippen LogP contribution in [0.3, 0.4) is 0 Å². The summed E-state index contributed by atoms with van der Waals surface area (Å²) in [6.45, 7) is 0. The molecular weight excluding hydrogens is 248 g/mol. The number of nitrogens with one attached hydrogen (secondary N) is 2. The van der Waals surface area contributed by atoms with Gasteiger partial charge in [0.05, 0.1) is 0 Å². The molecule has 1 fully saturated rings. The molecule has 0 spiro atoms. The highest BCUT2D eigenvalue weighted by Gasteiger charge is 2.24. The molecule has 3 rings (SSSR count). The Morgan fingerprint density at radius 1 is 0.800 bits per heavy atom. The van der Waals surface area contributed by atoms with Crippen LogP contribution in [0.25, 0.3) is 12.2 Å². The third-order valence-electron chi connectivity index (χ3n) is 3.37. The maximum Gasteiger partial charge on any atom is 0.203 e. The Hall–Kier alpha value is -2.55. The fourth-order valence-electron chi connectivity index (χ4n) is 2.35. The first-order valence-electron chi connectivity index (χ1n) is 6.72. The highest BCUT2D eigenvalue weighted by Crippen LogP contribution is 2.28. The Morgan fingerprint density at radius 2 is 1.30 bits per heavy atom. The van der Waals surface area contributed by atoms with Gasteiger partial charge in [0.1, 0.15) is 0 Å². The fourth-order valence-corrected chi connectivity index (χ4v) is 2.35. The normalized spacial score (nSPS) is 18.9. The van der Waals surface area contributed by atoms with E-state index in [1.165, 1.54) is 0 Å². The van der Waals surface area contributed by atoms with Crippen molar-refractivity contribution in [2.45, 2.75) is 12.8 Å². The summed E-state index contributed by atoms with van der Waals surface area (Å²) in [5, 5.41) is 0. The van der Waals surface area contributed by atoms with Gasteiger partial charge < -0.3 is 0 Å². The van der Waals surface area contributed by atoms with Crippen molar-refractivity contribution in [1.29, 1.82) is 0 Å². The van der Waals surface area contributed by atoms with E-state index in [4.69, 9.17) is 0 Å². The number of aromatic amines is 2. The minimum Gasteiger partial charge on any atom is -0.289 e. The molecule has 3 heteroatoms. The molecule has 0 atom stereocenters. The van der Waals surface area contributed by atoms with Gasteiger partial charge in [0, 0.05) is 47.6 Å². The highest BCUT2D eigenvalue weighted by molar-refractivity contribution is 6.15. The number of Topliss-reactive ketones (excluding diaryl/α,β-unsaturated/α-hetero) is 1. The largest absolute Gasteiger partial charge is 0.289 e. The lowest BCUT2D eigenvalue weighted by atomic mass is 10.1. The number of ketones is 1. The maximum absolute atomic E-state index is 12.3. The second kappa shape index (κ2) is 5.61. The van der Waals surface area contributed by atoms with Gasteiger partial charge in [-0.05, 0) is 25.0 Å². The summed E-state index contributed by atoms with van der Waals surface area (Å²) in [7, 11) is 0. The van der Waals surface area contributed by atoms with Crippen LogP contribution in [0, 0.1) is 0 Å². The molecule has 0 aliphatic heterocycles. The van der Waals surface area contributed by atoms with Gasteiger partial charge in [0.15, 0.2) is 18.2 Å². The van der Waals surface area contributed by atoms with Crippen molar-refractivity contribution < 1.29 is 14.8 Å². The molecule has 2 aromatic heterocycles. The molecule has 2 aromatic rings. The second-order valence-electron chi connectivity index (χ2n) is 4.80. The molecule has 0 unspecified atom stereocenters. The third-order valence-corrected chi connectivity index (χ3v) is 3.37. The lowest BCUT2D eigenvalue weighted by molar-refractivity contribution is -0.381. The Bertz CT molecular complexity index is 613. The number of hydrogen-bond acceptors (Lipinski definition) is 1. The number of carbonyl (C=O) groups is 1. The van der Waals surface area contributed by atoms with Crippen molar-refractivity contribution in [2.75, 3.05) is 0 Å². The molecule has 1 aliphatic rings. The zero-order valence-corrected chi connectivity index (χ0v) is 11.1. The van der Waals surface area contributed by atoms with E-state index in [0.717, 1.165) is 35.4 Å². The lowest BCUT2D eigenvalue weighted by Crippen LogP contribution is -2.07. The maximum atomic E-state index is 12.3. The van der Waals surface area contributed by atoms with Crippen LogP contribution in [0.15, 0.2) is 59.9 Å². The second-order valence-corrected chi connectivity index (χ2v) is 4.80. The van der Waals surface area contributed by atoms with Gasteiger partial charge in [0.25, 0.3) is 0 Å². The summed E-state index contributed by atoms with van der Waals surface area (Å²) < 4.78 is 0. The van der Waals surface area contributed by atoms with Crippen molar-refractivity contribution in [1.82, 2.24) is 0 Å². The van der Waals surface area contributed by atoms with Crippen LogP contribution >= 0.6 is 0 Å². The third kappa shape index (κ3) is 2.72. The first-order valence-corrected chi connectivity index (χ1v) is 6.72. The summed E-state index contributed by atoms with van der Waals surface area (Å²) in [6.07, 6.45) is 9.22. The zero-order chi connectivity index (χ0) is 13.8. The van der Waals surface area contributed by atoms with E-state index < -0.39 is 0 Å². The monoisotopic (exact) mass is 264 g/mol. The van der Waals surface area contributed by atoms with Crippen molar-refractivity contribution in [2.24, 2.45) is 0 Å². The standard InChI is InChI=1S/C17H14N2O/c20-17-13(11-15-5-1-3-9-18-15)7-8-14(17)12-16-6-2-4-10-19-16/h1-6,9-12H,7-8H2/p+2. The molecule has 2 heterocycles. The van der Waals surface area contributed by atoms with Crippen molar-refractivity contribution in [3.8, 4) is 0 Å². The molecule has 20 heavy (non-hydrogen) atoms. The molecule has 0 radical (unpaired) electrons. The SMILES string of the molecule is O=C1C(=Cc2cccc[nH+]2)CCC1=Cc1cccc[nH+]1. The number of allylic oxidation sites excluding steroid dienone is 2. The highest BCUT2D eigenvalue weighted by atomic mass is 16.1. The Labute approximate surface area is 117 Å². The lowest BCUT2D eigenvalue weighted by Gasteiger charge is -1.92. The number of carbonyl (C=O) groups excluding carboxylic acids is 1. The van der Waals surface area contributed by atoms with Gasteiger partial charge in [-0.2, -0.15) is 0 Å². The summed E-state index contributed by atoms with van der Waals surface area (Å²) >= 11 is 0. The van der Waals surface area contributed by atoms with Gasteiger partial charge in [-0.3, -0.25) is 4.79 Å². The molecule has 98 valence electrons. The molecule has 3 nitrogen and oxygen atoms in total. The van der Waals surface area contributed by atoms with Crippen LogP contribution in [-0.4, -0.2) is 5.78 Å². The molecular formula is C17H16N2O+2. The predicted molar refractivity (Wildman–Crippen MR) is 76.2 cm³/mol. The van der Waals surface area contributed by atoms with Crippen molar-refractivity contribution in [3.63, 3.8) is 0 Å². The Kier molecular flexibility index (Phi) is 3.50.